The van der Waals surface area contributed by atoms with E-state index in [-0.39, 0.29) is 0 Å². The largest absolute Gasteiger partial charge is 0.0917 e. The molecule has 1 atom stereocenters. The van der Waals surface area contributed by atoms with Gasteiger partial charge in [-0.2, -0.15) is 0 Å². The molecule has 0 amide bonds. The standard InChI is InChI=1S/C21H42/c1-4-6-8-10-12-13-14-16-18-20-21(3)19-17-15-11-9-7-5-2/h4,6,21H,5,7-20H2,1-3H3. The van der Waals surface area contributed by atoms with Crippen molar-refractivity contribution in [3.05, 3.63) is 12.2 Å². The molecule has 0 N–H and O–H groups in total. The number of rotatable bonds is 16. The Hall–Kier alpha value is -0.260. The van der Waals surface area contributed by atoms with E-state index in [1.165, 1.54) is 96.3 Å². The van der Waals surface area contributed by atoms with Crippen LogP contribution in [0.25, 0.3) is 0 Å². The number of unbranched alkanes of at least 4 members (excludes halogenated alkanes) is 11. The van der Waals surface area contributed by atoms with Crippen LogP contribution in [0.3, 0.4) is 0 Å². The van der Waals surface area contributed by atoms with Crippen LogP contribution in [0.15, 0.2) is 12.2 Å². The number of allylic oxidation sites excluding steroid dienone is 2. The van der Waals surface area contributed by atoms with E-state index in [9.17, 15) is 0 Å². The van der Waals surface area contributed by atoms with Crippen molar-refractivity contribution in [3.63, 3.8) is 0 Å². The molecule has 0 saturated heterocycles. The Kier molecular flexibility index (Phi) is 17.6. The molecular formula is C21H42. The third kappa shape index (κ3) is 17.7. The molecule has 0 heterocycles. The van der Waals surface area contributed by atoms with Crippen LogP contribution >= 0.6 is 0 Å². The Morgan fingerprint density at radius 2 is 1.14 bits per heavy atom. The maximum atomic E-state index is 2.46. The lowest BCUT2D eigenvalue weighted by molar-refractivity contribution is 0.431. The van der Waals surface area contributed by atoms with Crippen molar-refractivity contribution in [2.24, 2.45) is 5.92 Å². The minimum absolute atomic E-state index is 0.964. The molecule has 0 aliphatic carbocycles. The Morgan fingerprint density at radius 1 is 0.667 bits per heavy atom. The Morgan fingerprint density at radius 3 is 1.67 bits per heavy atom. The average Bonchev–Trinajstić information content (AvgIpc) is 2.49. The number of hydrogen-bond donors (Lipinski definition) is 0. The summed E-state index contributed by atoms with van der Waals surface area (Å²) in [6.07, 6.45) is 26.0. The van der Waals surface area contributed by atoms with Gasteiger partial charge in [-0.05, 0) is 25.7 Å². The van der Waals surface area contributed by atoms with E-state index in [1.54, 1.807) is 0 Å². The van der Waals surface area contributed by atoms with Crippen molar-refractivity contribution in [1.29, 1.82) is 0 Å². The van der Waals surface area contributed by atoms with Gasteiger partial charge in [0.2, 0.25) is 0 Å². The first-order chi connectivity index (χ1) is 10.3. The van der Waals surface area contributed by atoms with E-state index in [0.29, 0.717) is 0 Å². The molecule has 0 aromatic rings. The van der Waals surface area contributed by atoms with Crippen molar-refractivity contribution in [2.45, 2.75) is 117 Å². The van der Waals surface area contributed by atoms with Crippen LogP contribution in [0.2, 0.25) is 0 Å². The molecule has 0 bridgehead atoms. The van der Waals surface area contributed by atoms with Gasteiger partial charge in [0.05, 0.1) is 0 Å². The first kappa shape index (κ1) is 20.7. The Labute approximate surface area is 135 Å². The highest BCUT2D eigenvalue weighted by Crippen LogP contribution is 2.18. The molecule has 0 nitrogen and oxygen atoms in total. The van der Waals surface area contributed by atoms with E-state index in [4.69, 9.17) is 0 Å². The van der Waals surface area contributed by atoms with Gasteiger partial charge in [-0.1, -0.05) is 109 Å². The zero-order chi connectivity index (χ0) is 15.6. The van der Waals surface area contributed by atoms with Gasteiger partial charge in [-0.15, -0.1) is 0 Å². The van der Waals surface area contributed by atoms with Crippen molar-refractivity contribution in [2.75, 3.05) is 0 Å². The van der Waals surface area contributed by atoms with Crippen LogP contribution in [-0.2, 0) is 0 Å². The third-order valence-electron chi connectivity index (χ3n) is 4.60. The summed E-state index contributed by atoms with van der Waals surface area (Å²) < 4.78 is 0. The molecule has 0 spiro atoms. The Balaban J connectivity index is 3.13. The maximum absolute atomic E-state index is 2.46. The summed E-state index contributed by atoms with van der Waals surface area (Å²) in [6, 6.07) is 0. The second-order valence-corrected chi connectivity index (χ2v) is 6.93. The van der Waals surface area contributed by atoms with Gasteiger partial charge >= 0.3 is 0 Å². The molecule has 21 heavy (non-hydrogen) atoms. The number of hydrogen-bond acceptors (Lipinski definition) is 0. The summed E-state index contributed by atoms with van der Waals surface area (Å²) in [5, 5.41) is 0. The minimum atomic E-state index is 0.964. The fourth-order valence-electron chi connectivity index (χ4n) is 3.05. The quantitative estimate of drug-likeness (QED) is 0.199. The SMILES string of the molecule is CC=CCCCCCCCCC(C)CCCCCCCC. The summed E-state index contributed by atoms with van der Waals surface area (Å²) >= 11 is 0. The van der Waals surface area contributed by atoms with Crippen LogP contribution < -0.4 is 0 Å². The lowest BCUT2D eigenvalue weighted by atomic mass is 9.96. The molecule has 0 aliphatic heterocycles. The van der Waals surface area contributed by atoms with Crippen LogP contribution in [0.4, 0.5) is 0 Å². The molecule has 0 radical (unpaired) electrons. The van der Waals surface area contributed by atoms with Crippen molar-refractivity contribution in [1.82, 2.24) is 0 Å². The molecule has 0 heteroatoms. The molecule has 0 saturated carbocycles. The van der Waals surface area contributed by atoms with E-state index in [2.05, 4.69) is 32.9 Å². The highest BCUT2D eigenvalue weighted by Gasteiger charge is 2.02. The molecule has 0 rings (SSSR count). The van der Waals surface area contributed by atoms with Crippen LogP contribution in [0, 0.1) is 5.92 Å². The monoisotopic (exact) mass is 294 g/mol. The van der Waals surface area contributed by atoms with Crippen LogP contribution in [0.5, 0.6) is 0 Å². The van der Waals surface area contributed by atoms with Gasteiger partial charge in [0.15, 0.2) is 0 Å². The zero-order valence-electron chi connectivity index (χ0n) is 15.3. The van der Waals surface area contributed by atoms with Crippen LogP contribution in [0.1, 0.15) is 117 Å². The molecule has 0 aromatic carbocycles. The average molecular weight is 295 g/mol. The van der Waals surface area contributed by atoms with Gasteiger partial charge in [0, 0.05) is 0 Å². The molecule has 0 aromatic heterocycles. The fraction of sp³-hybridized carbons (Fsp3) is 0.905. The maximum Gasteiger partial charge on any atom is -0.0351 e. The minimum Gasteiger partial charge on any atom is -0.0917 e. The predicted molar refractivity (Wildman–Crippen MR) is 98.9 cm³/mol. The topological polar surface area (TPSA) is 0 Å². The van der Waals surface area contributed by atoms with E-state index >= 15 is 0 Å². The molecule has 0 fully saturated rings. The van der Waals surface area contributed by atoms with Gasteiger partial charge in [0.1, 0.15) is 0 Å². The highest BCUT2D eigenvalue weighted by atomic mass is 14.1. The molecule has 126 valence electrons. The first-order valence-corrected chi connectivity index (χ1v) is 9.92. The van der Waals surface area contributed by atoms with Gasteiger partial charge in [0.25, 0.3) is 0 Å². The van der Waals surface area contributed by atoms with Gasteiger partial charge in [-0.25, -0.2) is 0 Å². The highest BCUT2D eigenvalue weighted by molar-refractivity contribution is 4.76. The smallest absolute Gasteiger partial charge is 0.0351 e. The normalized spacial score (nSPS) is 13.1. The summed E-state index contributed by atoms with van der Waals surface area (Å²) in [5.41, 5.74) is 0. The third-order valence-corrected chi connectivity index (χ3v) is 4.60. The van der Waals surface area contributed by atoms with Crippen LogP contribution in [-0.4, -0.2) is 0 Å². The summed E-state index contributed by atoms with van der Waals surface area (Å²) in [5.74, 6) is 0.964. The van der Waals surface area contributed by atoms with Crippen molar-refractivity contribution < 1.29 is 0 Å². The Bertz CT molecular complexity index is 204. The summed E-state index contributed by atoms with van der Waals surface area (Å²) in [7, 11) is 0. The van der Waals surface area contributed by atoms with E-state index in [1.807, 2.05) is 0 Å². The van der Waals surface area contributed by atoms with Gasteiger partial charge in [-0.3, -0.25) is 0 Å². The van der Waals surface area contributed by atoms with E-state index < -0.39 is 0 Å². The van der Waals surface area contributed by atoms with E-state index in [0.717, 1.165) is 5.92 Å². The molecular weight excluding hydrogens is 252 g/mol. The lowest BCUT2D eigenvalue weighted by Crippen LogP contribution is -1.95. The predicted octanol–water partition coefficient (Wildman–Crippen LogP) is 8.07. The lowest BCUT2D eigenvalue weighted by Gasteiger charge is -2.11. The fourth-order valence-corrected chi connectivity index (χ4v) is 3.05. The van der Waals surface area contributed by atoms with Gasteiger partial charge < -0.3 is 0 Å². The second kappa shape index (κ2) is 17.8. The second-order valence-electron chi connectivity index (χ2n) is 6.93. The zero-order valence-corrected chi connectivity index (χ0v) is 15.3. The van der Waals surface area contributed by atoms with Crippen molar-refractivity contribution >= 4 is 0 Å². The molecule has 0 aliphatic rings. The first-order valence-electron chi connectivity index (χ1n) is 9.92. The summed E-state index contributed by atoms with van der Waals surface area (Å²) in [6.45, 7) is 6.87. The molecule has 1 unspecified atom stereocenters. The summed E-state index contributed by atoms with van der Waals surface area (Å²) in [4.78, 5) is 0. The van der Waals surface area contributed by atoms with Crippen molar-refractivity contribution in [3.8, 4) is 0 Å².